The topological polar surface area (TPSA) is 47.3 Å². The molecule has 0 spiro atoms. The Balaban J connectivity index is 2.66. The molecule has 0 fully saturated rings. The number of rotatable bonds is 4. The molecular weight excluding hydrogens is 156 g/mol. The van der Waals surface area contributed by atoms with Crippen LogP contribution < -0.4 is 0 Å². The number of nitrogens with zero attached hydrogens (tertiary/aromatic N) is 2. The summed E-state index contributed by atoms with van der Waals surface area (Å²) >= 11 is 0. The van der Waals surface area contributed by atoms with E-state index in [0.717, 1.165) is 5.56 Å². The van der Waals surface area contributed by atoms with Crippen LogP contribution in [0.2, 0.25) is 0 Å². The van der Waals surface area contributed by atoms with Crippen molar-refractivity contribution in [3.05, 3.63) is 18.0 Å². The molecule has 1 N–H and O–H groups in total. The van der Waals surface area contributed by atoms with Crippen LogP contribution in [-0.2, 0) is 4.74 Å². The molecular formula is C8H14N2O2. The Morgan fingerprint density at radius 3 is 2.92 bits per heavy atom. The van der Waals surface area contributed by atoms with Crippen LogP contribution in [0.5, 0.6) is 0 Å². The molecule has 0 saturated carbocycles. The first-order valence-electron chi connectivity index (χ1n) is 3.88. The Morgan fingerprint density at radius 1 is 1.75 bits per heavy atom. The van der Waals surface area contributed by atoms with Gasteiger partial charge in [0.05, 0.1) is 25.5 Å². The first-order valence-corrected chi connectivity index (χ1v) is 3.88. The fraction of sp³-hybridized carbons (Fsp3) is 0.625. The minimum atomic E-state index is -0.0660. The van der Waals surface area contributed by atoms with Gasteiger partial charge in [0.25, 0.3) is 0 Å². The molecule has 0 aliphatic heterocycles. The highest BCUT2D eigenvalue weighted by Gasteiger charge is 2.09. The molecule has 1 aromatic heterocycles. The van der Waals surface area contributed by atoms with Crippen molar-refractivity contribution in [1.29, 1.82) is 0 Å². The molecule has 0 aliphatic carbocycles. The molecule has 12 heavy (non-hydrogen) atoms. The molecule has 1 atom stereocenters. The minimum Gasteiger partial charge on any atom is -0.394 e. The maximum atomic E-state index is 8.98. The predicted octanol–water partition coefficient (Wildman–Crippen LogP) is 0.371. The second kappa shape index (κ2) is 4.23. The Hall–Kier alpha value is -0.870. The lowest BCUT2D eigenvalue weighted by Crippen LogP contribution is -2.18. The monoisotopic (exact) mass is 170 g/mol. The molecule has 0 saturated heterocycles. The van der Waals surface area contributed by atoms with Gasteiger partial charge >= 0.3 is 0 Å². The molecule has 0 amide bonds. The maximum Gasteiger partial charge on any atom is 0.0982 e. The average molecular weight is 170 g/mol. The van der Waals surface area contributed by atoms with Gasteiger partial charge in [0, 0.05) is 13.3 Å². The van der Waals surface area contributed by atoms with E-state index in [0.29, 0.717) is 6.61 Å². The number of aromatic nitrogens is 2. The Kier molecular flexibility index (Phi) is 3.25. The van der Waals surface area contributed by atoms with Crippen molar-refractivity contribution in [2.24, 2.45) is 0 Å². The number of hydrogen-bond donors (Lipinski definition) is 1. The molecule has 0 radical (unpaired) electrons. The van der Waals surface area contributed by atoms with Gasteiger partial charge in [0.15, 0.2) is 0 Å². The first kappa shape index (κ1) is 9.22. The molecule has 1 unspecified atom stereocenters. The van der Waals surface area contributed by atoms with Crippen LogP contribution in [-0.4, -0.2) is 35.2 Å². The van der Waals surface area contributed by atoms with Gasteiger partial charge in [-0.25, -0.2) is 0 Å². The Labute approximate surface area is 71.8 Å². The lowest BCUT2D eigenvalue weighted by Gasteiger charge is -2.12. The molecule has 1 aromatic rings. The third kappa shape index (κ3) is 2.06. The molecule has 0 aromatic carbocycles. The number of aliphatic hydroxyl groups excluding tert-OH is 1. The van der Waals surface area contributed by atoms with Crippen LogP contribution in [0.25, 0.3) is 0 Å². The van der Waals surface area contributed by atoms with Crippen molar-refractivity contribution in [1.82, 2.24) is 9.78 Å². The highest BCUT2D eigenvalue weighted by Crippen LogP contribution is 2.05. The second-order valence-electron chi connectivity index (χ2n) is 2.79. The van der Waals surface area contributed by atoms with E-state index < -0.39 is 0 Å². The van der Waals surface area contributed by atoms with Crippen LogP contribution >= 0.6 is 0 Å². The summed E-state index contributed by atoms with van der Waals surface area (Å²) in [6.07, 6.45) is 3.65. The van der Waals surface area contributed by atoms with Gasteiger partial charge in [0.1, 0.15) is 0 Å². The molecule has 0 aliphatic rings. The molecule has 0 bridgehead atoms. The van der Waals surface area contributed by atoms with Gasteiger partial charge in [-0.3, -0.25) is 4.68 Å². The number of hydrogen-bond acceptors (Lipinski definition) is 3. The molecule has 1 heterocycles. The summed E-state index contributed by atoms with van der Waals surface area (Å²) in [4.78, 5) is 0. The van der Waals surface area contributed by atoms with Gasteiger partial charge < -0.3 is 9.84 Å². The zero-order valence-electron chi connectivity index (χ0n) is 7.40. The number of ether oxygens (including phenoxy) is 1. The third-order valence-corrected chi connectivity index (χ3v) is 1.67. The normalized spacial score (nSPS) is 13.2. The van der Waals surface area contributed by atoms with E-state index >= 15 is 0 Å². The second-order valence-corrected chi connectivity index (χ2v) is 2.79. The minimum absolute atomic E-state index is 0.0506. The summed E-state index contributed by atoms with van der Waals surface area (Å²) in [5, 5.41) is 13.1. The largest absolute Gasteiger partial charge is 0.394 e. The van der Waals surface area contributed by atoms with Crippen LogP contribution in [0.15, 0.2) is 12.4 Å². The van der Waals surface area contributed by atoms with Gasteiger partial charge in [-0.15, -0.1) is 0 Å². The lowest BCUT2D eigenvalue weighted by molar-refractivity contribution is 0.108. The van der Waals surface area contributed by atoms with Crippen molar-refractivity contribution < 1.29 is 9.84 Å². The summed E-state index contributed by atoms with van der Waals surface area (Å²) in [5.41, 5.74) is 1.09. The molecule has 4 nitrogen and oxygen atoms in total. The van der Waals surface area contributed by atoms with Crippen LogP contribution in [0.4, 0.5) is 0 Å². The van der Waals surface area contributed by atoms with Crippen molar-refractivity contribution in [2.75, 3.05) is 20.3 Å². The van der Waals surface area contributed by atoms with Crippen LogP contribution in [0.3, 0.4) is 0 Å². The zero-order valence-corrected chi connectivity index (χ0v) is 7.40. The number of methoxy groups -OCH3 is 1. The van der Waals surface area contributed by atoms with E-state index in [9.17, 15) is 0 Å². The standard InChI is InChI=1S/C8H14N2O2/c1-7-3-9-10(4-7)8(5-11)6-12-2/h3-4,8,11H,5-6H2,1-2H3. The van der Waals surface area contributed by atoms with E-state index in [-0.39, 0.29) is 12.6 Å². The molecule has 4 heteroatoms. The SMILES string of the molecule is COCC(CO)n1cc(C)cn1. The van der Waals surface area contributed by atoms with Gasteiger partial charge in [-0.05, 0) is 12.5 Å². The van der Waals surface area contributed by atoms with Crippen molar-refractivity contribution in [2.45, 2.75) is 13.0 Å². The van der Waals surface area contributed by atoms with E-state index in [2.05, 4.69) is 5.10 Å². The quantitative estimate of drug-likeness (QED) is 0.710. The predicted molar refractivity (Wildman–Crippen MR) is 45.0 cm³/mol. The Morgan fingerprint density at radius 2 is 2.50 bits per heavy atom. The van der Waals surface area contributed by atoms with Crippen molar-refractivity contribution in [3.63, 3.8) is 0 Å². The van der Waals surface area contributed by atoms with E-state index in [4.69, 9.17) is 9.84 Å². The smallest absolute Gasteiger partial charge is 0.0982 e. The van der Waals surface area contributed by atoms with Crippen molar-refractivity contribution in [3.8, 4) is 0 Å². The fourth-order valence-electron chi connectivity index (χ4n) is 1.04. The summed E-state index contributed by atoms with van der Waals surface area (Å²) in [6, 6.07) is -0.0660. The van der Waals surface area contributed by atoms with Crippen LogP contribution in [0, 0.1) is 6.92 Å². The van der Waals surface area contributed by atoms with E-state index in [1.807, 2.05) is 13.1 Å². The van der Waals surface area contributed by atoms with Gasteiger partial charge in [-0.2, -0.15) is 5.10 Å². The number of aliphatic hydroxyl groups is 1. The first-order chi connectivity index (χ1) is 5.77. The summed E-state index contributed by atoms with van der Waals surface area (Å²) in [7, 11) is 1.61. The van der Waals surface area contributed by atoms with E-state index in [1.165, 1.54) is 0 Å². The zero-order chi connectivity index (χ0) is 8.97. The third-order valence-electron chi connectivity index (χ3n) is 1.67. The summed E-state index contributed by atoms with van der Waals surface area (Å²) in [6.45, 7) is 2.50. The highest BCUT2D eigenvalue weighted by molar-refractivity contribution is 5.00. The average Bonchev–Trinajstić information content (AvgIpc) is 2.47. The highest BCUT2D eigenvalue weighted by atomic mass is 16.5. The van der Waals surface area contributed by atoms with E-state index in [1.54, 1.807) is 18.0 Å². The fourth-order valence-corrected chi connectivity index (χ4v) is 1.04. The maximum absolute atomic E-state index is 8.98. The summed E-state index contributed by atoms with van der Waals surface area (Å²) < 4.78 is 6.66. The van der Waals surface area contributed by atoms with Crippen LogP contribution in [0.1, 0.15) is 11.6 Å². The van der Waals surface area contributed by atoms with Gasteiger partial charge in [-0.1, -0.05) is 0 Å². The number of aryl methyl sites for hydroxylation is 1. The van der Waals surface area contributed by atoms with Gasteiger partial charge in [0.2, 0.25) is 0 Å². The summed E-state index contributed by atoms with van der Waals surface area (Å²) in [5.74, 6) is 0. The van der Waals surface area contributed by atoms with Crippen molar-refractivity contribution >= 4 is 0 Å². The lowest BCUT2D eigenvalue weighted by atomic mass is 10.3. The molecule has 68 valence electrons. The molecule has 1 rings (SSSR count). The Bertz CT molecular complexity index is 235.